The van der Waals surface area contributed by atoms with Gasteiger partial charge < -0.3 is 9.64 Å². The third-order valence-electron chi connectivity index (χ3n) is 5.41. The standard InChI is InChI=1S/C24H22N4O2/c29-23-21-20(12-13-25-22(21)26-24(27-23)28-14-4-5-15-28)18-8-10-19(11-9-18)30-16-17-6-2-1-3-7-17/h1-3,6-13H,4-5,14-16H2,(H,25,26,27,29). The molecule has 0 amide bonds. The summed E-state index contributed by atoms with van der Waals surface area (Å²) in [7, 11) is 0. The van der Waals surface area contributed by atoms with Crippen molar-refractivity contribution in [2.75, 3.05) is 18.0 Å². The van der Waals surface area contributed by atoms with Crippen LogP contribution in [0.25, 0.3) is 22.2 Å². The predicted molar refractivity (Wildman–Crippen MR) is 118 cm³/mol. The van der Waals surface area contributed by atoms with E-state index in [-0.39, 0.29) is 5.56 Å². The van der Waals surface area contributed by atoms with Gasteiger partial charge in [0.15, 0.2) is 5.65 Å². The van der Waals surface area contributed by atoms with Gasteiger partial charge in [0.05, 0.1) is 5.39 Å². The Bertz CT molecular complexity index is 1210. The van der Waals surface area contributed by atoms with Crippen LogP contribution >= 0.6 is 0 Å². The van der Waals surface area contributed by atoms with Crippen molar-refractivity contribution in [3.8, 4) is 16.9 Å². The second kappa shape index (κ2) is 7.99. The summed E-state index contributed by atoms with van der Waals surface area (Å²) in [5.41, 5.74) is 3.18. The van der Waals surface area contributed by atoms with Gasteiger partial charge >= 0.3 is 0 Å². The third-order valence-corrected chi connectivity index (χ3v) is 5.41. The molecule has 2 aromatic heterocycles. The SMILES string of the molecule is O=c1[nH]c(N2CCCC2)nc2nccc(-c3ccc(OCc4ccccc4)cc3)c12. The van der Waals surface area contributed by atoms with Gasteiger partial charge in [-0.3, -0.25) is 9.78 Å². The summed E-state index contributed by atoms with van der Waals surface area (Å²) in [6.07, 6.45) is 3.94. The van der Waals surface area contributed by atoms with Crippen LogP contribution in [0, 0.1) is 0 Å². The fraction of sp³-hybridized carbons (Fsp3) is 0.208. The zero-order chi connectivity index (χ0) is 20.3. The molecule has 0 unspecified atom stereocenters. The van der Waals surface area contributed by atoms with E-state index in [1.54, 1.807) is 6.20 Å². The first-order valence-electron chi connectivity index (χ1n) is 10.2. The number of pyridine rings is 1. The first-order valence-corrected chi connectivity index (χ1v) is 10.2. The molecule has 1 saturated heterocycles. The Labute approximate surface area is 174 Å². The summed E-state index contributed by atoms with van der Waals surface area (Å²) < 4.78 is 5.87. The van der Waals surface area contributed by atoms with E-state index in [9.17, 15) is 4.79 Å². The lowest BCUT2D eigenvalue weighted by Gasteiger charge is -2.16. The Morgan fingerprint density at radius 1 is 0.967 bits per heavy atom. The molecular formula is C24H22N4O2. The molecule has 1 aliphatic rings. The summed E-state index contributed by atoms with van der Waals surface area (Å²) in [4.78, 5) is 26.9. The molecule has 1 fully saturated rings. The van der Waals surface area contributed by atoms with Gasteiger partial charge in [-0.25, -0.2) is 4.98 Å². The van der Waals surface area contributed by atoms with Crippen LogP contribution in [0.15, 0.2) is 71.7 Å². The van der Waals surface area contributed by atoms with Crippen molar-refractivity contribution in [3.05, 3.63) is 82.8 Å². The van der Waals surface area contributed by atoms with Gasteiger partial charge in [-0.15, -0.1) is 0 Å². The number of aromatic nitrogens is 3. The van der Waals surface area contributed by atoms with Gasteiger partial charge in [0, 0.05) is 19.3 Å². The number of ether oxygens (including phenoxy) is 1. The minimum Gasteiger partial charge on any atom is -0.489 e. The van der Waals surface area contributed by atoms with E-state index in [4.69, 9.17) is 4.74 Å². The summed E-state index contributed by atoms with van der Waals surface area (Å²) in [6, 6.07) is 19.7. The largest absolute Gasteiger partial charge is 0.489 e. The second-order valence-corrected chi connectivity index (χ2v) is 7.44. The first-order chi connectivity index (χ1) is 14.8. The number of hydrogen-bond acceptors (Lipinski definition) is 5. The number of H-pyrrole nitrogens is 1. The average Bonchev–Trinajstić information content (AvgIpc) is 3.33. The van der Waals surface area contributed by atoms with Crippen molar-refractivity contribution in [2.24, 2.45) is 0 Å². The molecule has 0 aliphatic carbocycles. The Morgan fingerprint density at radius 3 is 2.50 bits per heavy atom. The summed E-state index contributed by atoms with van der Waals surface area (Å²) in [5, 5.41) is 0.512. The van der Waals surface area contributed by atoms with Crippen LogP contribution in [-0.2, 0) is 6.61 Å². The van der Waals surface area contributed by atoms with E-state index in [1.807, 2.05) is 60.7 Å². The molecule has 5 rings (SSSR count). The highest BCUT2D eigenvalue weighted by atomic mass is 16.5. The number of benzene rings is 2. The number of fused-ring (bicyclic) bond motifs is 1. The fourth-order valence-corrected chi connectivity index (χ4v) is 3.84. The molecule has 0 saturated carbocycles. The van der Waals surface area contributed by atoms with Crippen LogP contribution in [0.5, 0.6) is 5.75 Å². The van der Waals surface area contributed by atoms with Crippen LogP contribution < -0.4 is 15.2 Å². The zero-order valence-electron chi connectivity index (χ0n) is 16.5. The van der Waals surface area contributed by atoms with Crippen molar-refractivity contribution >= 4 is 17.0 Å². The van der Waals surface area contributed by atoms with E-state index in [2.05, 4.69) is 19.9 Å². The second-order valence-electron chi connectivity index (χ2n) is 7.44. The molecule has 3 heterocycles. The minimum atomic E-state index is -0.158. The van der Waals surface area contributed by atoms with Gasteiger partial charge in [-0.2, -0.15) is 4.98 Å². The van der Waals surface area contributed by atoms with Crippen LogP contribution in [0.1, 0.15) is 18.4 Å². The normalized spacial score (nSPS) is 13.7. The highest BCUT2D eigenvalue weighted by molar-refractivity contribution is 5.92. The molecule has 1 N–H and O–H groups in total. The topological polar surface area (TPSA) is 71.1 Å². The molecular weight excluding hydrogens is 376 g/mol. The smallest absolute Gasteiger partial charge is 0.262 e. The Kier molecular flexibility index (Phi) is 4.89. The van der Waals surface area contributed by atoms with E-state index in [0.29, 0.717) is 23.6 Å². The Hall–Kier alpha value is -3.67. The number of anilines is 1. The molecule has 0 spiro atoms. The number of rotatable bonds is 5. The molecule has 6 nitrogen and oxygen atoms in total. The molecule has 30 heavy (non-hydrogen) atoms. The van der Waals surface area contributed by atoms with Crippen molar-refractivity contribution in [1.82, 2.24) is 15.0 Å². The van der Waals surface area contributed by atoms with E-state index in [1.165, 1.54) is 0 Å². The summed E-state index contributed by atoms with van der Waals surface area (Å²) in [5.74, 6) is 1.39. The lowest BCUT2D eigenvalue weighted by Crippen LogP contribution is -2.24. The maximum Gasteiger partial charge on any atom is 0.262 e. The predicted octanol–water partition coefficient (Wildman–Crippen LogP) is 4.16. The monoisotopic (exact) mass is 398 g/mol. The highest BCUT2D eigenvalue weighted by Crippen LogP contribution is 2.27. The number of nitrogens with one attached hydrogen (secondary N) is 1. The zero-order valence-corrected chi connectivity index (χ0v) is 16.5. The van der Waals surface area contributed by atoms with Gasteiger partial charge in [0.25, 0.3) is 5.56 Å². The molecule has 0 atom stereocenters. The van der Waals surface area contributed by atoms with Gasteiger partial charge in [0.2, 0.25) is 5.95 Å². The van der Waals surface area contributed by atoms with Gasteiger partial charge in [0.1, 0.15) is 12.4 Å². The van der Waals surface area contributed by atoms with Crippen molar-refractivity contribution in [3.63, 3.8) is 0 Å². The molecule has 0 bridgehead atoms. The molecule has 4 aromatic rings. The third kappa shape index (κ3) is 3.64. The lowest BCUT2D eigenvalue weighted by molar-refractivity contribution is 0.306. The maximum absolute atomic E-state index is 12.9. The summed E-state index contributed by atoms with van der Waals surface area (Å²) in [6.45, 7) is 2.35. The molecule has 6 heteroatoms. The van der Waals surface area contributed by atoms with E-state index >= 15 is 0 Å². The lowest BCUT2D eigenvalue weighted by atomic mass is 10.0. The van der Waals surface area contributed by atoms with E-state index < -0.39 is 0 Å². The van der Waals surface area contributed by atoms with Crippen molar-refractivity contribution in [1.29, 1.82) is 0 Å². The minimum absolute atomic E-state index is 0.158. The highest BCUT2D eigenvalue weighted by Gasteiger charge is 2.17. The van der Waals surface area contributed by atoms with Crippen molar-refractivity contribution in [2.45, 2.75) is 19.4 Å². The number of hydrogen-bond donors (Lipinski definition) is 1. The molecule has 1 aliphatic heterocycles. The Balaban J connectivity index is 1.43. The van der Waals surface area contributed by atoms with Crippen LogP contribution in [0.4, 0.5) is 5.95 Å². The van der Waals surface area contributed by atoms with Gasteiger partial charge in [-0.1, -0.05) is 42.5 Å². The van der Waals surface area contributed by atoms with E-state index in [0.717, 1.165) is 48.4 Å². The van der Waals surface area contributed by atoms with Crippen LogP contribution in [-0.4, -0.2) is 28.0 Å². The van der Waals surface area contributed by atoms with Crippen LogP contribution in [0.2, 0.25) is 0 Å². The Morgan fingerprint density at radius 2 is 1.73 bits per heavy atom. The maximum atomic E-state index is 12.9. The van der Waals surface area contributed by atoms with Crippen LogP contribution in [0.3, 0.4) is 0 Å². The quantitative estimate of drug-likeness (QED) is 0.546. The molecule has 150 valence electrons. The molecule has 0 radical (unpaired) electrons. The van der Waals surface area contributed by atoms with Gasteiger partial charge in [-0.05, 0) is 47.7 Å². The van der Waals surface area contributed by atoms with Crippen molar-refractivity contribution < 1.29 is 4.74 Å². The average molecular weight is 398 g/mol. The first kappa shape index (κ1) is 18.4. The number of aromatic amines is 1. The summed E-state index contributed by atoms with van der Waals surface area (Å²) >= 11 is 0. The fourth-order valence-electron chi connectivity index (χ4n) is 3.84. The molecule has 2 aromatic carbocycles. The number of nitrogens with zero attached hydrogens (tertiary/aromatic N) is 3.